The zero-order valence-electron chi connectivity index (χ0n) is 19.5. The Bertz CT molecular complexity index is 1550. The third-order valence-corrected chi connectivity index (χ3v) is 5.70. The van der Waals surface area contributed by atoms with Crippen molar-refractivity contribution in [2.24, 2.45) is 0 Å². The van der Waals surface area contributed by atoms with Gasteiger partial charge in [-0.2, -0.15) is 0 Å². The fourth-order valence-corrected chi connectivity index (χ4v) is 3.89. The summed E-state index contributed by atoms with van der Waals surface area (Å²) in [6, 6.07) is 20.3. The van der Waals surface area contributed by atoms with Crippen LogP contribution in [0.5, 0.6) is 23.0 Å². The average molecular weight is 466 g/mol. The van der Waals surface area contributed by atoms with E-state index in [-0.39, 0.29) is 5.91 Å². The predicted octanol–water partition coefficient (Wildman–Crippen LogP) is 6.15. The van der Waals surface area contributed by atoms with Crippen molar-refractivity contribution >= 4 is 33.4 Å². The smallest absolute Gasteiger partial charge is 0.256 e. The van der Waals surface area contributed by atoms with Gasteiger partial charge in [0, 0.05) is 41.0 Å². The standard InChI is InChI=1S/C28H23N3O4/c1-17-4-6-18(7-5-17)31-28(32)21-10-12-29-23-14-19(8-9-20(21)23)35-25-11-13-30-24-16-27(34-3)26(33-2)15-22(24)25/h4-16H,1-3H3,(H,31,32). The van der Waals surface area contributed by atoms with Crippen LogP contribution in [0, 0.1) is 6.92 Å². The number of hydrogen-bond donors (Lipinski definition) is 1. The summed E-state index contributed by atoms with van der Waals surface area (Å²) in [6.45, 7) is 2.00. The number of aromatic nitrogens is 2. The fourth-order valence-electron chi connectivity index (χ4n) is 3.89. The van der Waals surface area contributed by atoms with Crippen LogP contribution in [0.3, 0.4) is 0 Å². The van der Waals surface area contributed by atoms with Gasteiger partial charge in [0.2, 0.25) is 0 Å². The molecule has 2 aromatic heterocycles. The molecule has 1 N–H and O–H groups in total. The highest BCUT2D eigenvalue weighted by molar-refractivity contribution is 6.12. The molecule has 0 aliphatic rings. The Morgan fingerprint density at radius 1 is 0.743 bits per heavy atom. The number of rotatable bonds is 6. The summed E-state index contributed by atoms with van der Waals surface area (Å²) in [5.74, 6) is 2.18. The minimum Gasteiger partial charge on any atom is -0.493 e. The second-order valence-electron chi connectivity index (χ2n) is 7.99. The maximum Gasteiger partial charge on any atom is 0.256 e. The molecule has 2 heterocycles. The van der Waals surface area contributed by atoms with E-state index < -0.39 is 0 Å². The number of hydrogen-bond acceptors (Lipinski definition) is 6. The van der Waals surface area contributed by atoms with Crippen LogP contribution in [0.4, 0.5) is 5.69 Å². The molecule has 0 atom stereocenters. The number of fused-ring (bicyclic) bond motifs is 2. The minimum atomic E-state index is -0.198. The van der Waals surface area contributed by atoms with Crippen LogP contribution in [0.15, 0.2) is 79.1 Å². The second-order valence-corrected chi connectivity index (χ2v) is 7.99. The molecule has 5 aromatic rings. The predicted molar refractivity (Wildman–Crippen MR) is 136 cm³/mol. The Balaban J connectivity index is 1.46. The lowest BCUT2D eigenvalue weighted by Gasteiger charge is -2.13. The molecule has 0 aliphatic carbocycles. The zero-order valence-corrected chi connectivity index (χ0v) is 19.5. The van der Waals surface area contributed by atoms with E-state index in [0.29, 0.717) is 39.6 Å². The van der Waals surface area contributed by atoms with Gasteiger partial charge in [0.25, 0.3) is 5.91 Å². The van der Waals surface area contributed by atoms with Gasteiger partial charge in [0.15, 0.2) is 11.5 Å². The first-order valence-corrected chi connectivity index (χ1v) is 11.0. The molecule has 0 aliphatic heterocycles. The summed E-state index contributed by atoms with van der Waals surface area (Å²) in [6.07, 6.45) is 3.30. The Kier molecular flexibility index (Phi) is 5.89. The number of amides is 1. The molecule has 174 valence electrons. The summed E-state index contributed by atoms with van der Waals surface area (Å²) in [5.41, 5.74) is 3.77. The largest absolute Gasteiger partial charge is 0.493 e. The van der Waals surface area contributed by atoms with Gasteiger partial charge in [-0.3, -0.25) is 14.8 Å². The van der Waals surface area contributed by atoms with Crippen molar-refractivity contribution in [3.8, 4) is 23.0 Å². The molecular formula is C28H23N3O4. The van der Waals surface area contributed by atoms with E-state index in [9.17, 15) is 4.79 Å². The fraction of sp³-hybridized carbons (Fsp3) is 0.107. The van der Waals surface area contributed by atoms with E-state index in [1.165, 1.54) is 0 Å². The molecule has 0 fully saturated rings. The number of aryl methyl sites for hydroxylation is 1. The first-order valence-electron chi connectivity index (χ1n) is 11.0. The number of pyridine rings is 2. The molecular weight excluding hydrogens is 442 g/mol. The molecule has 0 saturated heterocycles. The summed E-state index contributed by atoms with van der Waals surface area (Å²) in [5, 5.41) is 4.46. The van der Waals surface area contributed by atoms with Gasteiger partial charge < -0.3 is 19.5 Å². The molecule has 1 amide bonds. The van der Waals surface area contributed by atoms with Crippen molar-refractivity contribution in [1.29, 1.82) is 0 Å². The number of anilines is 1. The summed E-state index contributed by atoms with van der Waals surface area (Å²) in [4.78, 5) is 21.8. The Hall–Kier alpha value is -4.65. The molecule has 0 bridgehead atoms. The molecule has 0 radical (unpaired) electrons. The molecule has 0 saturated carbocycles. The molecule has 5 rings (SSSR count). The second kappa shape index (κ2) is 9.30. The Morgan fingerprint density at radius 3 is 2.17 bits per heavy atom. The highest BCUT2D eigenvalue weighted by Crippen LogP contribution is 2.37. The van der Waals surface area contributed by atoms with Crippen LogP contribution in [-0.2, 0) is 0 Å². The van der Waals surface area contributed by atoms with E-state index in [1.54, 1.807) is 38.7 Å². The minimum absolute atomic E-state index is 0.198. The molecule has 0 unspecified atom stereocenters. The molecule has 35 heavy (non-hydrogen) atoms. The summed E-state index contributed by atoms with van der Waals surface area (Å²) in [7, 11) is 3.17. The van der Waals surface area contributed by atoms with E-state index in [1.807, 2.05) is 61.5 Å². The number of nitrogens with one attached hydrogen (secondary N) is 1. The van der Waals surface area contributed by atoms with E-state index in [2.05, 4.69) is 15.3 Å². The third-order valence-electron chi connectivity index (χ3n) is 5.70. The highest BCUT2D eigenvalue weighted by atomic mass is 16.5. The van der Waals surface area contributed by atoms with E-state index in [0.717, 1.165) is 22.0 Å². The van der Waals surface area contributed by atoms with Crippen molar-refractivity contribution in [2.75, 3.05) is 19.5 Å². The quantitative estimate of drug-likeness (QED) is 0.324. The first-order chi connectivity index (χ1) is 17.1. The van der Waals surface area contributed by atoms with Crippen LogP contribution in [-0.4, -0.2) is 30.1 Å². The van der Waals surface area contributed by atoms with Gasteiger partial charge in [0.05, 0.1) is 30.8 Å². The first kappa shape index (κ1) is 22.2. The van der Waals surface area contributed by atoms with Crippen molar-refractivity contribution < 1.29 is 19.0 Å². The topological polar surface area (TPSA) is 82.6 Å². The highest BCUT2D eigenvalue weighted by Gasteiger charge is 2.14. The normalized spacial score (nSPS) is 10.8. The van der Waals surface area contributed by atoms with Crippen molar-refractivity contribution in [3.05, 3.63) is 90.3 Å². The number of benzene rings is 3. The lowest BCUT2D eigenvalue weighted by molar-refractivity contribution is 0.102. The average Bonchev–Trinajstić information content (AvgIpc) is 2.88. The molecule has 7 heteroatoms. The van der Waals surface area contributed by atoms with E-state index >= 15 is 0 Å². The van der Waals surface area contributed by atoms with Crippen molar-refractivity contribution in [3.63, 3.8) is 0 Å². The van der Waals surface area contributed by atoms with Crippen LogP contribution >= 0.6 is 0 Å². The van der Waals surface area contributed by atoms with Crippen molar-refractivity contribution in [2.45, 2.75) is 6.92 Å². The van der Waals surface area contributed by atoms with Gasteiger partial charge in [-0.05, 0) is 49.4 Å². The van der Waals surface area contributed by atoms with Gasteiger partial charge in [-0.15, -0.1) is 0 Å². The number of carbonyl (C=O) groups excluding carboxylic acids is 1. The SMILES string of the molecule is COc1cc2nccc(Oc3ccc4c(C(=O)Nc5ccc(C)cc5)ccnc4c3)c2cc1OC. The van der Waals surface area contributed by atoms with Gasteiger partial charge in [0.1, 0.15) is 11.5 Å². The number of nitrogens with zero attached hydrogens (tertiary/aromatic N) is 2. The van der Waals surface area contributed by atoms with Crippen LogP contribution in [0.1, 0.15) is 15.9 Å². The van der Waals surface area contributed by atoms with Gasteiger partial charge in [-0.25, -0.2) is 0 Å². The maximum atomic E-state index is 12.9. The summed E-state index contributed by atoms with van der Waals surface area (Å²) >= 11 is 0. The van der Waals surface area contributed by atoms with E-state index in [4.69, 9.17) is 14.2 Å². The van der Waals surface area contributed by atoms with Gasteiger partial charge >= 0.3 is 0 Å². The lowest BCUT2D eigenvalue weighted by Crippen LogP contribution is -2.12. The Labute approximate surface area is 202 Å². The monoisotopic (exact) mass is 465 g/mol. The van der Waals surface area contributed by atoms with Crippen LogP contribution in [0.2, 0.25) is 0 Å². The molecule has 7 nitrogen and oxygen atoms in total. The Morgan fingerprint density at radius 2 is 1.43 bits per heavy atom. The van der Waals surface area contributed by atoms with Crippen LogP contribution < -0.4 is 19.5 Å². The van der Waals surface area contributed by atoms with Crippen molar-refractivity contribution in [1.82, 2.24) is 9.97 Å². The third kappa shape index (κ3) is 4.44. The molecule has 0 spiro atoms. The van der Waals surface area contributed by atoms with Crippen LogP contribution in [0.25, 0.3) is 21.8 Å². The zero-order chi connectivity index (χ0) is 24.4. The maximum absolute atomic E-state index is 12.9. The number of ether oxygens (including phenoxy) is 3. The van der Waals surface area contributed by atoms with Gasteiger partial charge in [-0.1, -0.05) is 17.7 Å². The molecule has 3 aromatic carbocycles. The summed E-state index contributed by atoms with van der Waals surface area (Å²) < 4.78 is 17.0. The number of carbonyl (C=O) groups is 1. The number of methoxy groups -OCH3 is 2. The lowest BCUT2D eigenvalue weighted by atomic mass is 10.1.